The van der Waals surface area contributed by atoms with Gasteiger partial charge in [-0.05, 0) is 31.0 Å². The molecule has 1 fully saturated rings. The van der Waals surface area contributed by atoms with E-state index in [1.807, 2.05) is 25.2 Å². The summed E-state index contributed by atoms with van der Waals surface area (Å²) in [4.78, 5) is 13.8. The fourth-order valence-electron chi connectivity index (χ4n) is 1.57. The Labute approximate surface area is 89.9 Å². The second-order valence-corrected chi connectivity index (χ2v) is 3.87. The first-order valence-electron chi connectivity index (χ1n) is 5.06. The smallest absolute Gasteiger partial charge is 0.253 e. The summed E-state index contributed by atoms with van der Waals surface area (Å²) in [5, 5.41) is 0. The predicted molar refractivity (Wildman–Crippen MR) is 59.5 cm³/mol. The number of nitrogens with zero attached hydrogens (tertiary/aromatic N) is 1. The second-order valence-electron chi connectivity index (χ2n) is 3.87. The first-order chi connectivity index (χ1) is 7.22. The maximum atomic E-state index is 12.0. The molecule has 1 aliphatic rings. The number of hydrogen-bond acceptors (Lipinski definition) is 1. The van der Waals surface area contributed by atoms with Crippen LogP contribution in [0.15, 0.2) is 24.3 Å². The SMILES string of the molecule is C#Cc1cccc(C(=O)N(C)C2CC2)c1. The summed E-state index contributed by atoms with van der Waals surface area (Å²) in [5.74, 6) is 2.60. The first-order valence-corrected chi connectivity index (χ1v) is 5.06. The van der Waals surface area contributed by atoms with Crippen LogP contribution in [0, 0.1) is 12.3 Å². The summed E-state index contributed by atoms with van der Waals surface area (Å²) in [7, 11) is 1.85. The van der Waals surface area contributed by atoms with E-state index >= 15 is 0 Å². The second kappa shape index (κ2) is 3.78. The van der Waals surface area contributed by atoms with Crippen LogP contribution in [0.1, 0.15) is 28.8 Å². The van der Waals surface area contributed by atoms with E-state index in [9.17, 15) is 4.79 Å². The average Bonchev–Trinajstić information content (AvgIpc) is 3.11. The molecule has 0 bridgehead atoms. The van der Waals surface area contributed by atoms with Crippen LogP contribution in [0.4, 0.5) is 0 Å². The summed E-state index contributed by atoms with van der Waals surface area (Å²) in [5.41, 5.74) is 1.44. The Hall–Kier alpha value is -1.75. The van der Waals surface area contributed by atoms with E-state index in [4.69, 9.17) is 6.42 Å². The van der Waals surface area contributed by atoms with E-state index < -0.39 is 0 Å². The van der Waals surface area contributed by atoms with Crippen LogP contribution < -0.4 is 0 Å². The third kappa shape index (κ3) is 2.02. The highest BCUT2D eigenvalue weighted by Crippen LogP contribution is 2.26. The summed E-state index contributed by atoms with van der Waals surface area (Å²) in [6.07, 6.45) is 7.54. The zero-order valence-electron chi connectivity index (χ0n) is 8.73. The average molecular weight is 199 g/mol. The third-order valence-corrected chi connectivity index (χ3v) is 2.69. The fraction of sp³-hybridized carbons (Fsp3) is 0.308. The van der Waals surface area contributed by atoms with Gasteiger partial charge in [-0.15, -0.1) is 6.42 Å². The molecule has 0 aliphatic heterocycles. The molecule has 0 saturated heterocycles. The van der Waals surface area contributed by atoms with Gasteiger partial charge in [0.05, 0.1) is 0 Å². The number of carbonyl (C=O) groups excluding carboxylic acids is 1. The molecule has 2 heteroatoms. The lowest BCUT2D eigenvalue weighted by molar-refractivity contribution is 0.0785. The molecule has 1 aliphatic carbocycles. The molecule has 1 saturated carbocycles. The van der Waals surface area contributed by atoms with Crippen LogP contribution >= 0.6 is 0 Å². The van der Waals surface area contributed by atoms with Crippen molar-refractivity contribution in [2.24, 2.45) is 0 Å². The highest BCUT2D eigenvalue weighted by atomic mass is 16.2. The Morgan fingerprint density at radius 2 is 2.27 bits per heavy atom. The molecule has 0 heterocycles. The van der Waals surface area contributed by atoms with Crippen molar-refractivity contribution in [1.82, 2.24) is 4.90 Å². The maximum absolute atomic E-state index is 12.0. The van der Waals surface area contributed by atoms with Crippen LogP contribution in [-0.4, -0.2) is 23.9 Å². The number of hydrogen-bond donors (Lipinski definition) is 0. The van der Waals surface area contributed by atoms with Crippen molar-refractivity contribution in [2.45, 2.75) is 18.9 Å². The van der Waals surface area contributed by atoms with Crippen LogP contribution in [0.2, 0.25) is 0 Å². The van der Waals surface area contributed by atoms with Gasteiger partial charge in [-0.1, -0.05) is 12.0 Å². The predicted octanol–water partition coefficient (Wildman–Crippen LogP) is 1.90. The topological polar surface area (TPSA) is 20.3 Å². The largest absolute Gasteiger partial charge is 0.339 e. The summed E-state index contributed by atoms with van der Waals surface area (Å²) in [6.45, 7) is 0. The molecule has 0 spiro atoms. The van der Waals surface area contributed by atoms with E-state index in [2.05, 4.69) is 5.92 Å². The Morgan fingerprint density at radius 1 is 1.53 bits per heavy atom. The maximum Gasteiger partial charge on any atom is 0.253 e. The van der Waals surface area contributed by atoms with Gasteiger partial charge >= 0.3 is 0 Å². The van der Waals surface area contributed by atoms with E-state index in [1.54, 1.807) is 11.0 Å². The molecule has 0 atom stereocenters. The Balaban J connectivity index is 2.21. The summed E-state index contributed by atoms with van der Waals surface area (Å²) >= 11 is 0. The molecule has 1 aromatic carbocycles. The van der Waals surface area contributed by atoms with Gasteiger partial charge in [0.15, 0.2) is 0 Å². The minimum Gasteiger partial charge on any atom is -0.339 e. The van der Waals surface area contributed by atoms with Crippen LogP contribution in [0.25, 0.3) is 0 Å². The number of rotatable bonds is 2. The van der Waals surface area contributed by atoms with Crippen molar-refractivity contribution in [3.8, 4) is 12.3 Å². The van der Waals surface area contributed by atoms with Gasteiger partial charge in [0.1, 0.15) is 0 Å². The monoisotopic (exact) mass is 199 g/mol. The minimum absolute atomic E-state index is 0.0644. The highest BCUT2D eigenvalue weighted by Gasteiger charge is 2.29. The zero-order chi connectivity index (χ0) is 10.8. The molecule has 1 amide bonds. The van der Waals surface area contributed by atoms with Crippen LogP contribution in [0.5, 0.6) is 0 Å². The van der Waals surface area contributed by atoms with Gasteiger partial charge in [0.25, 0.3) is 5.91 Å². The van der Waals surface area contributed by atoms with E-state index in [0.29, 0.717) is 11.6 Å². The standard InChI is InChI=1S/C13H13NO/c1-3-10-5-4-6-11(9-10)13(15)14(2)12-7-8-12/h1,4-6,9,12H,7-8H2,2H3. The molecule has 76 valence electrons. The highest BCUT2D eigenvalue weighted by molar-refractivity contribution is 5.94. The minimum atomic E-state index is 0.0644. The van der Waals surface area contributed by atoms with Gasteiger partial charge in [-0.2, -0.15) is 0 Å². The lowest BCUT2D eigenvalue weighted by Crippen LogP contribution is -2.28. The lowest BCUT2D eigenvalue weighted by atomic mass is 10.1. The van der Waals surface area contributed by atoms with Gasteiger partial charge in [0, 0.05) is 24.2 Å². The van der Waals surface area contributed by atoms with Crippen LogP contribution in [0.3, 0.4) is 0 Å². The number of amides is 1. The first kappa shape index (κ1) is 9.79. The van der Waals surface area contributed by atoms with Crippen molar-refractivity contribution in [1.29, 1.82) is 0 Å². The Kier molecular flexibility index (Phi) is 2.47. The Morgan fingerprint density at radius 3 is 2.87 bits per heavy atom. The van der Waals surface area contributed by atoms with Crippen molar-refractivity contribution < 1.29 is 4.79 Å². The van der Waals surface area contributed by atoms with Crippen molar-refractivity contribution in [3.63, 3.8) is 0 Å². The van der Waals surface area contributed by atoms with Crippen LogP contribution in [-0.2, 0) is 0 Å². The van der Waals surface area contributed by atoms with E-state index in [-0.39, 0.29) is 5.91 Å². The molecule has 1 aromatic rings. The molecule has 2 rings (SSSR count). The number of carbonyl (C=O) groups is 1. The quantitative estimate of drug-likeness (QED) is 0.666. The van der Waals surface area contributed by atoms with Gasteiger partial charge in [0.2, 0.25) is 0 Å². The van der Waals surface area contributed by atoms with E-state index in [1.165, 1.54) is 0 Å². The molecular formula is C13H13NO. The molecule has 0 aromatic heterocycles. The number of terminal acetylenes is 1. The summed E-state index contributed by atoms with van der Waals surface area (Å²) < 4.78 is 0. The van der Waals surface area contributed by atoms with Crippen molar-refractivity contribution in [3.05, 3.63) is 35.4 Å². The van der Waals surface area contributed by atoms with Gasteiger partial charge in [-0.3, -0.25) is 4.79 Å². The third-order valence-electron chi connectivity index (χ3n) is 2.69. The van der Waals surface area contributed by atoms with E-state index in [0.717, 1.165) is 18.4 Å². The van der Waals surface area contributed by atoms with Gasteiger partial charge < -0.3 is 4.90 Å². The fourth-order valence-corrected chi connectivity index (χ4v) is 1.57. The molecular weight excluding hydrogens is 186 g/mol. The van der Waals surface area contributed by atoms with Crippen molar-refractivity contribution >= 4 is 5.91 Å². The Bertz CT molecular complexity index is 426. The molecule has 2 nitrogen and oxygen atoms in total. The molecule has 15 heavy (non-hydrogen) atoms. The van der Waals surface area contributed by atoms with Gasteiger partial charge in [-0.25, -0.2) is 0 Å². The molecule has 0 radical (unpaired) electrons. The summed E-state index contributed by atoms with van der Waals surface area (Å²) in [6, 6.07) is 7.66. The zero-order valence-corrected chi connectivity index (χ0v) is 8.73. The lowest BCUT2D eigenvalue weighted by Gasteiger charge is -2.16. The number of benzene rings is 1. The molecule has 0 N–H and O–H groups in total. The molecule has 0 unspecified atom stereocenters. The van der Waals surface area contributed by atoms with Crippen molar-refractivity contribution in [2.75, 3.05) is 7.05 Å². The normalized spacial score (nSPS) is 14.4.